The normalized spacial score (nSPS) is 23.6. The van der Waals surface area contributed by atoms with E-state index in [9.17, 15) is 14.7 Å². The Bertz CT molecular complexity index is 584. The number of rotatable bonds is 4. The first-order valence-corrected chi connectivity index (χ1v) is 8.52. The number of hydrogen-bond acceptors (Lipinski definition) is 4. The van der Waals surface area contributed by atoms with Gasteiger partial charge in [0.05, 0.1) is 12.0 Å². The van der Waals surface area contributed by atoms with Crippen LogP contribution in [0, 0.1) is 5.92 Å². The highest BCUT2D eigenvalue weighted by Gasteiger charge is 2.35. The van der Waals surface area contributed by atoms with Crippen molar-refractivity contribution in [1.82, 2.24) is 14.7 Å². The predicted molar refractivity (Wildman–Crippen MR) is 90.2 cm³/mol. The summed E-state index contributed by atoms with van der Waals surface area (Å²) in [6.07, 6.45) is -0.169. The monoisotopic (exact) mass is 331 g/mol. The summed E-state index contributed by atoms with van der Waals surface area (Å²) in [7, 11) is 1.75. The molecule has 0 unspecified atom stereocenters. The van der Waals surface area contributed by atoms with Crippen molar-refractivity contribution in [2.75, 3.05) is 46.3 Å². The second kappa shape index (κ2) is 7.32. The molecule has 0 bridgehead atoms. The average molecular weight is 331 g/mol. The van der Waals surface area contributed by atoms with E-state index in [1.807, 2.05) is 35.2 Å². The third kappa shape index (κ3) is 3.76. The lowest BCUT2D eigenvalue weighted by atomic mass is 10.1. The number of nitrogens with zero attached hydrogens (tertiary/aromatic N) is 3. The van der Waals surface area contributed by atoms with Crippen molar-refractivity contribution >= 4 is 11.8 Å². The van der Waals surface area contributed by atoms with Gasteiger partial charge >= 0.3 is 0 Å². The second-order valence-electron chi connectivity index (χ2n) is 6.73. The molecule has 1 aromatic carbocycles. The van der Waals surface area contributed by atoms with E-state index in [1.54, 1.807) is 11.9 Å². The third-order valence-corrected chi connectivity index (χ3v) is 4.99. The van der Waals surface area contributed by atoms with Crippen molar-refractivity contribution in [1.29, 1.82) is 0 Å². The van der Waals surface area contributed by atoms with Crippen molar-refractivity contribution in [2.45, 2.75) is 12.5 Å². The Labute approximate surface area is 142 Å². The molecule has 2 amide bonds. The van der Waals surface area contributed by atoms with E-state index in [0.717, 1.165) is 18.7 Å². The first-order chi connectivity index (χ1) is 11.5. The number of carbonyl (C=O) groups excluding carboxylic acids is 2. The highest BCUT2D eigenvalue weighted by atomic mass is 16.3. The smallest absolute Gasteiger partial charge is 0.228 e. The Morgan fingerprint density at radius 3 is 2.46 bits per heavy atom. The number of aliphatic hydroxyl groups is 1. The van der Waals surface area contributed by atoms with Crippen molar-refractivity contribution in [3.05, 3.63) is 35.9 Å². The molecule has 0 aromatic heterocycles. The van der Waals surface area contributed by atoms with Gasteiger partial charge in [-0.05, 0) is 5.56 Å². The topological polar surface area (TPSA) is 64.1 Å². The summed E-state index contributed by atoms with van der Waals surface area (Å²) in [5.41, 5.74) is 0.920. The lowest BCUT2D eigenvalue weighted by Crippen LogP contribution is -2.51. The van der Waals surface area contributed by atoms with E-state index >= 15 is 0 Å². The molecular formula is C18H25N3O3. The molecule has 2 heterocycles. The Morgan fingerprint density at radius 1 is 1.21 bits per heavy atom. The minimum Gasteiger partial charge on any atom is -0.387 e. The second-order valence-corrected chi connectivity index (χ2v) is 6.73. The zero-order chi connectivity index (χ0) is 17.1. The fourth-order valence-electron chi connectivity index (χ4n) is 3.46. The Kier molecular flexibility index (Phi) is 5.16. The largest absolute Gasteiger partial charge is 0.387 e. The highest BCUT2D eigenvalue weighted by molar-refractivity contribution is 5.89. The fraction of sp³-hybridized carbons (Fsp3) is 0.556. The molecular weight excluding hydrogens is 306 g/mol. The molecule has 2 aliphatic heterocycles. The van der Waals surface area contributed by atoms with Gasteiger partial charge in [-0.3, -0.25) is 14.5 Å². The molecule has 0 aliphatic carbocycles. The number of likely N-dealkylation sites (tertiary alicyclic amines) is 1. The van der Waals surface area contributed by atoms with Gasteiger partial charge in [0, 0.05) is 52.7 Å². The van der Waals surface area contributed by atoms with Crippen molar-refractivity contribution in [3.8, 4) is 0 Å². The van der Waals surface area contributed by atoms with Gasteiger partial charge in [0.15, 0.2) is 0 Å². The molecule has 2 aliphatic rings. The molecule has 2 fully saturated rings. The summed E-state index contributed by atoms with van der Waals surface area (Å²) in [4.78, 5) is 29.8. The summed E-state index contributed by atoms with van der Waals surface area (Å²) in [5, 5.41) is 10.3. The number of aliphatic hydroxyl groups excluding tert-OH is 1. The molecule has 3 rings (SSSR count). The van der Waals surface area contributed by atoms with Crippen molar-refractivity contribution in [2.24, 2.45) is 5.92 Å². The predicted octanol–water partition coefficient (Wildman–Crippen LogP) is 0.343. The van der Waals surface area contributed by atoms with Gasteiger partial charge in [-0.2, -0.15) is 0 Å². The summed E-state index contributed by atoms with van der Waals surface area (Å²) in [5.74, 6) is -0.0436. The zero-order valence-electron chi connectivity index (χ0n) is 14.1. The molecule has 0 spiro atoms. The van der Waals surface area contributed by atoms with Gasteiger partial charge in [0.1, 0.15) is 0 Å². The number of amides is 2. The molecule has 0 radical (unpaired) electrons. The van der Waals surface area contributed by atoms with Crippen molar-refractivity contribution in [3.63, 3.8) is 0 Å². The fourth-order valence-corrected chi connectivity index (χ4v) is 3.46. The standard InChI is InChI=1S/C18H25N3O3/c1-19-12-15(11-17(19)23)18(24)21-9-7-20(8-10-21)13-16(22)14-5-3-2-4-6-14/h2-6,15-16,22H,7-13H2,1H3/t15-,16-/m0/s1. The van der Waals surface area contributed by atoms with Crippen LogP contribution in [-0.4, -0.2) is 77.9 Å². The van der Waals surface area contributed by atoms with Gasteiger partial charge < -0.3 is 14.9 Å². The number of β-amino-alcohol motifs (C(OH)–C–C–N with tert-alkyl or cyclic N) is 1. The van der Waals surface area contributed by atoms with E-state index in [0.29, 0.717) is 32.6 Å². The molecule has 24 heavy (non-hydrogen) atoms. The van der Waals surface area contributed by atoms with Gasteiger partial charge in [0.25, 0.3) is 0 Å². The van der Waals surface area contributed by atoms with Crippen LogP contribution in [0.25, 0.3) is 0 Å². The molecule has 2 saturated heterocycles. The van der Waals surface area contributed by atoms with Crippen LogP contribution in [0.3, 0.4) is 0 Å². The van der Waals surface area contributed by atoms with Crippen LogP contribution in [0.5, 0.6) is 0 Å². The van der Waals surface area contributed by atoms with Crippen LogP contribution in [0.2, 0.25) is 0 Å². The van der Waals surface area contributed by atoms with Crippen LogP contribution in [0.4, 0.5) is 0 Å². The van der Waals surface area contributed by atoms with E-state index in [-0.39, 0.29) is 17.7 Å². The average Bonchev–Trinajstić information content (AvgIpc) is 2.95. The minimum atomic E-state index is -0.505. The first-order valence-electron chi connectivity index (χ1n) is 8.52. The van der Waals surface area contributed by atoms with Crippen LogP contribution in [-0.2, 0) is 9.59 Å². The van der Waals surface area contributed by atoms with Crippen LogP contribution >= 0.6 is 0 Å². The van der Waals surface area contributed by atoms with E-state index in [2.05, 4.69) is 4.90 Å². The number of hydrogen-bond donors (Lipinski definition) is 1. The van der Waals surface area contributed by atoms with Crippen molar-refractivity contribution < 1.29 is 14.7 Å². The summed E-state index contributed by atoms with van der Waals surface area (Å²) >= 11 is 0. The van der Waals surface area contributed by atoms with Gasteiger partial charge in [-0.1, -0.05) is 30.3 Å². The number of benzene rings is 1. The maximum atomic E-state index is 12.5. The Morgan fingerprint density at radius 2 is 1.88 bits per heavy atom. The SMILES string of the molecule is CN1C[C@@H](C(=O)N2CCN(C[C@H](O)c3ccccc3)CC2)CC1=O. The van der Waals surface area contributed by atoms with Crippen LogP contribution in [0.1, 0.15) is 18.1 Å². The van der Waals surface area contributed by atoms with E-state index in [4.69, 9.17) is 0 Å². The molecule has 0 saturated carbocycles. The Hall–Kier alpha value is -1.92. The molecule has 1 aromatic rings. The summed E-state index contributed by atoms with van der Waals surface area (Å²) < 4.78 is 0. The maximum Gasteiger partial charge on any atom is 0.228 e. The molecule has 2 atom stereocenters. The van der Waals surface area contributed by atoms with E-state index in [1.165, 1.54) is 0 Å². The number of carbonyl (C=O) groups is 2. The van der Waals surface area contributed by atoms with Gasteiger partial charge in [-0.25, -0.2) is 0 Å². The van der Waals surface area contributed by atoms with Gasteiger partial charge in [0.2, 0.25) is 11.8 Å². The zero-order valence-corrected chi connectivity index (χ0v) is 14.1. The quantitative estimate of drug-likeness (QED) is 0.864. The Balaban J connectivity index is 1.47. The summed E-state index contributed by atoms with van der Waals surface area (Å²) in [6.45, 7) is 3.95. The van der Waals surface area contributed by atoms with Gasteiger partial charge in [-0.15, -0.1) is 0 Å². The molecule has 1 N–H and O–H groups in total. The first kappa shape index (κ1) is 16.9. The van der Waals surface area contributed by atoms with E-state index < -0.39 is 6.10 Å². The minimum absolute atomic E-state index is 0.0537. The van der Waals surface area contributed by atoms with Crippen LogP contribution in [0.15, 0.2) is 30.3 Å². The molecule has 130 valence electrons. The summed E-state index contributed by atoms with van der Waals surface area (Å²) in [6, 6.07) is 9.64. The number of piperazine rings is 1. The lowest BCUT2D eigenvalue weighted by Gasteiger charge is -2.36. The molecule has 6 heteroatoms. The molecule has 6 nitrogen and oxygen atoms in total. The van der Waals surface area contributed by atoms with Crippen LogP contribution < -0.4 is 0 Å². The highest BCUT2D eigenvalue weighted by Crippen LogP contribution is 2.20. The maximum absolute atomic E-state index is 12.5. The lowest BCUT2D eigenvalue weighted by molar-refractivity contribution is -0.137. The third-order valence-electron chi connectivity index (χ3n) is 4.99.